The fourth-order valence-electron chi connectivity index (χ4n) is 3.44. The zero-order valence-corrected chi connectivity index (χ0v) is 15.7. The van der Waals surface area contributed by atoms with Crippen molar-refractivity contribution in [3.8, 4) is 5.75 Å². The monoisotopic (exact) mass is 378 g/mol. The predicted octanol–water partition coefficient (Wildman–Crippen LogP) is 2.06. The third kappa shape index (κ3) is 3.62. The van der Waals surface area contributed by atoms with E-state index in [1.54, 1.807) is 17.7 Å². The Balaban J connectivity index is 1.62. The Morgan fingerprint density at radius 3 is 2.65 bits per heavy atom. The molecule has 1 fully saturated rings. The van der Waals surface area contributed by atoms with Gasteiger partial charge in [0.2, 0.25) is 0 Å². The third-order valence-corrected chi connectivity index (χ3v) is 5.27. The maximum absolute atomic E-state index is 12.6. The molecule has 2 aromatic rings. The average molecular weight is 379 g/mol. The smallest absolute Gasteiger partial charge is 0.345 e. The van der Waals surface area contributed by atoms with Crippen molar-refractivity contribution in [2.75, 3.05) is 13.1 Å². The van der Waals surface area contributed by atoms with Gasteiger partial charge in [-0.05, 0) is 43.9 Å². The molecule has 26 heavy (non-hydrogen) atoms. The van der Waals surface area contributed by atoms with E-state index in [0.29, 0.717) is 31.1 Å². The lowest BCUT2D eigenvalue weighted by Crippen LogP contribution is -2.39. The molecule has 1 aliphatic rings. The summed E-state index contributed by atoms with van der Waals surface area (Å²) >= 11 is 5.90. The van der Waals surface area contributed by atoms with E-state index in [-0.39, 0.29) is 22.4 Å². The maximum atomic E-state index is 12.6. The summed E-state index contributed by atoms with van der Waals surface area (Å²) in [6.45, 7) is 3.87. The number of aromatic hydroxyl groups is 1. The molecular formula is C18H23ClN4O3. The summed E-state index contributed by atoms with van der Waals surface area (Å²) in [6, 6.07) is 4.52. The number of phenolic OH excluding ortho intramolecular Hbond substituents is 1. The molecule has 140 valence electrons. The van der Waals surface area contributed by atoms with Crippen LogP contribution in [0.5, 0.6) is 5.75 Å². The van der Waals surface area contributed by atoms with E-state index in [2.05, 4.69) is 5.10 Å². The van der Waals surface area contributed by atoms with Gasteiger partial charge in [0.05, 0.1) is 5.02 Å². The fourth-order valence-corrected chi connectivity index (χ4v) is 3.63. The molecule has 0 saturated carbocycles. The van der Waals surface area contributed by atoms with Gasteiger partial charge in [-0.15, -0.1) is 0 Å². The molecule has 0 aliphatic carbocycles. The summed E-state index contributed by atoms with van der Waals surface area (Å²) in [5.74, 6) is 1.11. The van der Waals surface area contributed by atoms with Gasteiger partial charge in [-0.3, -0.25) is 9.36 Å². The van der Waals surface area contributed by atoms with E-state index in [1.165, 1.54) is 16.8 Å². The van der Waals surface area contributed by atoms with Gasteiger partial charge in [0.1, 0.15) is 11.6 Å². The number of phenols is 1. The standard InChI is InChI=1S/C18H23ClN4O3/c1-3-23-16(20-21(2)18(23)26)10-12-6-8-22(9-7-12)17(25)13-4-5-15(24)14(19)11-13/h4-5,11-12,24H,3,6-10H2,1-2H3. The number of hydrogen-bond donors (Lipinski definition) is 1. The van der Waals surface area contributed by atoms with Crippen LogP contribution in [0.25, 0.3) is 0 Å². The van der Waals surface area contributed by atoms with Crippen molar-refractivity contribution in [1.82, 2.24) is 19.2 Å². The molecule has 1 saturated heterocycles. The predicted molar refractivity (Wildman–Crippen MR) is 98.6 cm³/mol. The number of rotatable bonds is 4. The summed E-state index contributed by atoms with van der Waals surface area (Å²) in [4.78, 5) is 26.4. The normalized spacial score (nSPS) is 15.4. The molecule has 1 aromatic carbocycles. The van der Waals surface area contributed by atoms with E-state index in [9.17, 15) is 14.7 Å². The lowest BCUT2D eigenvalue weighted by molar-refractivity contribution is 0.0689. The number of hydrogen-bond acceptors (Lipinski definition) is 4. The highest BCUT2D eigenvalue weighted by Crippen LogP contribution is 2.26. The third-order valence-electron chi connectivity index (χ3n) is 4.97. The second kappa shape index (κ2) is 7.53. The molecule has 0 radical (unpaired) electrons. The minimum absolute atomic E-state index is 0.0285. The van der Waals surface area contributed by atoms with Gasteiger partial charge >= 0.3 is 5.69 Å². The van der Waals surface area contributed by atoms with Crippen molar-refractivity contribution in [1.29, 1.82) is 0 Å². The Hall–Kier alpha value is -2.28. The Labute approximate surface area is 156 Å². The van der Waals surface area contributed by atoms with E-state index >= 15 is 0 Å². The van der Waals surface area contributed by atoms with Crippen LogP contribution in [0.15, 0.2) is 23.0 Å². The first-order valence-electron chi connectivity index (χ1n) is 8.81. The lowest BCUT2D eigenvalue weighted by atomic mass is 9.93. The molecular weight excluding hydrogens is 356 g/mol. The van der Waals surface area contributed by atoms with Crippen molar-refractivity contribution in [2.24, 2.45) is 13.0 Å². The van der Waals surface area contributed by atoms with Crippen LogP contribution < -0.4 is 5.69 Å². The van der Waals surface area contributed by atoms with Crippen molar-refractivity contribution < 1.29 is 9.90 Å². The number of halogens is 1. The van der Waals surface area contributed by atoms with Crippen molar-refractivity contribution in [2.45, 2.75) is 32.7 Å². The van der Waals surface area contributed by atoms with Crippen LogP contribution in [0.1, 0.15) is 35.9 Å². The first kappa shape index (κ1) is 18.5. The lowest BCUT2D eigenvalue weighted by Gasteiger charge is -2.32. The molecule has 2 heterocycles. The Morgan fingerprint density at radius 2 is 2.04 bits per heavy atom. The summed E-state index contributed by atoms with van der Waals surface area (Å²) in [5, 5.41) is 14.0. The van der Waals surface area contributed by atoms with Crippen LogP contribution >= 0.6 is 11.6 Å². The second-order valence-corrected chi connectivity index (χ2v) is 7.08. The quantitative estimate of drug-likeness (QED) is 0.883. The van der Waals surface area contributed by atoms with E-state index in [0.717, 1.165) is 25.1 Å². The fraction of sp³-hybridized carbons (Fsp3) is 0.500. The van der Waals surface area contributed by atoms with Crippen LogP contribution in [0.4, 0.5) is 0 Å². The molecule has 0 spiro atoms. The van der Waals surface area contributed by atoms with Gasteiger partial charge in [0, 0.05) is 38.7 Å². The van der Waals surface area contributed by atoms with Gasteiger partial charge in [0.15, 0.2) is 0 Å². The molecule has 7 nitrogen and oxygen atoms in total. The number of likely N-dealkylation sites (tertiary alicyclic amines) is 1. The molecule has 0 bridgehead atoms. The van der Waals surface area contributed by atoms with Crippen LogP contribution in [0, 0.1) is 5.92 Å². The van der Waals surface area contributed by atoms with Crippen LogP contribution in [0.2, 0.25) is 5.02 Å². The van der Waals surface area contributed by atoms with Crippen LogP contribution in [-0.2, 0) is 20.0 Å². The van der Waals surface area contributed by atoms with Gasteiger partial charge in [-0.2, -0.15) is 5.10 Å². The minimum Gasteiger partial charge on any atom is -0.506 e. The highest BCUT2D eigenvalue weighted by atomic mass is 35.5. The minimum atomic E-state index is -0.0840. The number of aryl methyl sites for hydroxylation is 1. The summed E-state index contributed by atoms with van der Waals surface area (Å²) in [6.07, 6.45) is 2.48. The molecule has 1 N–H and O–H groups in total. The number of carbonyl (C=O) groups excluding carboxylic acids is 1. The van der Waals surface area contributed by atoms with Crippen LogP contribution in [-0.4, -0.2) is 43.4 Å². The zero-order valence-electron chi connectivity index (χ0n) is 15.0. The highest BCUT2D eigenvalue weighted by Gasteiger charge is 2.25. The molecule has 8 heteroatoms. The van der Waals surface area contributed by atoms with Crippen LogP contribution in [0.3, 0.4) is 0 Å². The zero-order chi connectivity index (χ0) is 18.8. The number of nitrogens with zero attached hydrogens (tertiary/aromatic N) is 4. The average Bonchev–Trinajstić information content (AvgIpc) is 2.90. The Kier molecular flexibility index (Phi) is 5.36. The molecule has 3 rings (SSSR count). The second-order valence-electron chi connectivity index (χ2n) is 6.67. The number of aromatic nitrogens is 3. The van der Waals surface area contributed by atoms with Gasteiger partial charge in [-0.25, -0.2) is 9.48 Å². The first-order chi connectivity index (χ1) is 12.4. The first-order valence-corrected chi connectivity index (χ1v) is 9.19. The number of carbonyl (C=O) groups is 1. The Bertz CT molecular complexity index is 866. The highest BCUT2D eigenvalue weighted by molar-refractivity contribution is 6.32. The Morgan fingerprint density at radius 1 is 1.35 bits per heavy atom. The van der Waals surface area contributed by atoms with Crippen molar-refractivity contribution in [3.63, 3.8) is 0 Å². The summed E-state index contributed by atoms with van der Waals surface area (Å²) in [5.41, 5.74) is 0.398. The summed E-state index contributed by atoms with van der Waals surface area (Å²) in [7, 11) is 1.67. The van der Waals surface area contributed by atoms with Gasteiger partial charge in [0.25, 0.3) is 5.91 Å². The molecule has 1 aliphatic heterocycles. The van der Waals surface area contributed by atoms with E-state index in [1.807, 2.05) is 11.8 Å². The topological polar surface area (TPSA) is 80.4 Å². The van der Waals surface area contributed by atoms with E-state index < -0.39 is 0 Å². The number of amides is 1. The van der Waals surface area contributed by atoms with Crippen molar-refractivity contribution in [3.05, 3.63) is 45.1 Å². The molecule has 1 aromatic heterocycles. The SMILES string of the molecule is CCn1c(CC2CCN(C(=O)c3ccc(O)c(Cl)c3)CC2)nn(C)c1=O. The number of piperidine rings is 1. The maximum Gasteiger partial charge on any atom is 0.345 e. The largest absolute Gasteiger partial charge is 0.506 e. The number of benzene rings is 1. The van der Waals surface area contributed by atoms with Crippen molar-refractivity contribution >= 4 is 17.5 Å². The van der Waals surface area contributed by atoms with Gasteiger partial charge < -0.3 is 10.0 Å². The molecule has 0 atom stereocenters. The van der Waals surface area contributed by atoms with Gasteiger partial charge in [-0.1, -0.05) is 11.6 Å². The molecule has 0 unspecified atom stereocenters. The summed E-state index contributed by atoms with van der Waals surface area (Å²) < 4.78 is 3.09. The molecule has 1 amide bonds. The van der Waals surface area contributed by atoms with E-state index in [4.69, 9.17) is 11.6 Å².